The summed E-state index contributed by atoms with van der Waals surface area (Å²) in [7, 11) is 0. The molecule has 1 aliphatic rings. The third-order valence-electron chi connectivity index (χ3n) is 4.85. The van der Waals surface area contributed by atoms with Crippen molar-refractivity contribution >= 4 is 35.1 Å². The van der Waals surface area contributed by atoms with E-state index in [0.717, 1.165) is 35.7 Å². The van der Waals surface area contributed by atoms with Gasteiger partial charge in [-0.15, -0.1) is 16.9 Å². The number of hydrogen-bond donors (Lipinski definition) is 1. The molecule has 3 rings (SSSR count). The first-order chi connectivity index (χ1) is 13.1. The monoisotopic (exact) mass is 405 g/mol. The van der Waals surface area contributed by atoms with Crippen LogP contribution in [0.2, 0.25) is 0 Å². The number of benzene rings is 1. The van der Waals surface area contributed by atoms with Crippen molar-refractivity contribution in [1.29, 1.82) is 0 Å². The van der Waals surface area contributed by atoms with E-state index in [4.69, 9.17) is 0 Å². The lowest BCUT2D eigenvalue weighted by atomic mass is 10.2. The van der Waals surface area contributed by atoms with Crippen LogP contribution in [0.3, 0.4) is 0 Å². The highest BCUT2D eigenvalue weighted by atomic mass is 32.2. The summed E-state index contributed by atoms with van der Waals surface area (Å²) in [6.07, 6.45) is 5.81. The summed E-state index contributed by atoms with van der Waals surface area (Å²) in [6, 6.07) is 6.59. The number of thioether (sulfide) groups is 2. The SMILES string of the molecule is CCC(C)Sc1ccc(NC(=O)CSc2nnnn2C2CCCC2)c(C)c1. The zero-order valence-electron chi connectivity index (χ0n) is 16.1. The van der Waals surface area contributed by atoms with E-state index in [0.29, 0.717) is 17.0 Å². The molecule has 1 unspecified atom stereocenters. The Bertz CT molecular complexity index is 773. The Hall–Kier alpha value is -1.54. The molecule has 0 spiro atoms. The maximum Gasteiger partial charge on any atom is 0.234 e. The second-order valence-electron chi connectivity index (χ2n) is 6.99. The number of anilines is 1. The second-order valence-corrected chi connectivity index (χ2v) is 9.45. The molecule has 1 aromatic heterocycles. The standard InChI is InChI=1S/C19H27N5OS2/c1-4-14(3)27-16-9-10-17(13(2)11-16)20-18(25)12-26-19-21-22-23-24(19)15-7-5-6-8-15/h9-11,14-15H,4-8,12H2,1-3H3,(H,20,25). The van der Waals surface area contributed by atoms with Gasteiger partial charge in [-0.25, -0.2) is 4.68 Å². The summed E-state index contributed by atoms with van der Waals surface area (Å²) in [5.41, 5.74) is 1.95. The number of aryl methyl sites for hydroxylation is 1. The molecule has 146 valence electrons. The van der Waals surface area contributed by atoms with E-state index in [1.54, 1.807) is 0 Å². The number of nitrogens with one attached hydrogen (secondary N) is 1. The molecule has 1 amide bonds. The molecule has 8 heteroatoms. The molecule has 0 radical (unpaired) electrons. The number of carbonyl (C=O) groups is 1. The highest BCUT2D eigenvalue weighted by Gasteiger charge is 2.22. The van der Waals surface area contributed by atoms with Crippen molar-refractivity contribution in [2.24, 2.45) is 0 Å². The maximum atomic E-state index is 12.4. The Morgan fingerprint density at radius 2 is 2.15 bits per heavy atom. The third kappa shape index (κ3) is 5.48. The van der Waals surface area contributed by atoms with Gasteiger partial charge in [0.1, 0.15) is 0 Å². The van der Waals surface area contributed by atoms with Gasteiger partial charge in [-0.2, -0.15) is 0 Å². The van der Waals surface area contributed by atoms with Crippen molar-refractivity contribution in [2.75, 3.05) is 11.1 Å². The number of carbonyl (C=O) groups excluding carboxylic acids is 1. The lowest BCUT2D eigenvalue weighted by Crippen LogP contribution is -2.16. The Morgan fingerprint density at radius 1 is 1.37 bits per heavy atom. The minimum absolute atomic E-state index is 0.0357. The molecule has 1 fully saturated rings. The van der Waals surface area contributed by atoms with Gasteiger partial charge in [0.05, 0.1) is 11.8 Å². The average molecular weight is 406 g/mol. The van der Waals surface area contributed by atoms with Crippen LogP contribution in [0.5, 0.6) is 0 Å². The lowest BCUT2D eigenvalue weighted by Gasteiger charge is -2.13. The Balaban J connectivity index is 1.54. The van der Waals surface area contributed by atoms with Crippen molar-refractivity contribution < 1.29 is 4.79 Å². The van der Waals surface area contributed by atoms with E-state index in [2.05, 4.69) is 46.8 Å². The molecule has 1 saturated carbocycles. The number of rotatable bonds is 8. The Kier molecular flexibility index (Phi) is 7.18. The van der Waals surface area contributed by atoms with Gasteiger partial charge in [0, 0.05) is 15.8 Å². The predicted molar refractivity (Wildman–Crippen MR) is 111 cm³/mol. The minimum Gasteiger partial charge on any atom is -0.325 e. The fourth-order valence-electron chi connectivity index (χ4n) is 3.14. The molecule has 1 aliphatic carbocycles. The van der Waals surface area contributed by atoms with E-state index in [1.807, 2.05) is 29.4 Å². The second kappa shape index (κ2) is 9.59. The first-order valence-electron chi connectivity index (χ1n) is 9.54. The summed E-state index contributed by atoms with van der Waals surface area (Å²) in [4.78, 5) is 13.6. The summed E-state index contributed by atoms with van der Waals surface area (Å²) in [5, 5.41) is 16.3. The topological polar surface area (TPSA) is 72.7 Å². The molecule has 6 nitrogen and oxygen atoms in total. The van der Waals surface area contributed by atoms with Crippen molar-refractivity contribution in [1.82, 2.24) is 20.2 Å². The van der Waals surface area contributed by atoms with Gasteiger partial charge in [-0.1, -0.05) is 38.5 Å². The maximum absolute atomic E-state index is 12.4. The molecule has 2 aromatic rings. The van der Waals surface area contributed by atoms with Gasteiger partial charge >= 0.3 is 0 Å². The smallest absolute Gasteiger partial charge is 0.234 e. The van der Waals surface area contributed by atoms with Crippen molar-refractivity contribution in [3.63, 3.8) is 0 Å². The van der Waals surface area contributed by atoms with Gasteiger partial charge in [-0.3, -0.25) is 4.79 Å². The van der Waals surface area contributed by atoms with Crippen LogP contribution in [0.4, 0.5) is 5.69 Å². The largest absolute Gasteiger partial charge is 0.325 e. The summed E-state index contributed by atoms with van der Waals surface area (Å²) in [6.45, 7) is 6.45. The lowest BCUT2D eigenvalue weighted by molar-refractivity contribution is -0.113. The van der Waals surface area contributed by atoms with E-state index in [1.165, 1.54) is 29.5 Å². The summed E-state index contributed by atoms with van der Waals surface area (Å²) in [5.74, 6) is 0.266. The van der Waals surface area contributed by atoms with Crippen LogP contribution < -0.4 is 5.32 Å². The number of hydrogen-bond acceptors (Lipinski definition) is 6. The average Bonchev–Trinajstić information content (AvgIpc) is 3.33. The van der Waals surface area contributed by atoms with E-state index < -0.39 is 0 Å². The van der Waals surface area contributed by atoms with Gasteiger partial charge in [0.25, 0.3) is 0 Å². The fraction of sp³-hybridized carbons (Fsp3) is 0.579. The van der Waals surface area contributed by atoms with Gasteiger partial charge < -0.3 is 5.32 Å². The summed E-state index contributed by atoms with van der Waals surface area (Å²) >= 11 is 3.26. The van der Waals surface area contributed by atoms with Crippen molar-refractivity contribution in [3.05, 3.63) is 23.8 Å². The van der Waals surface area contributed by atoms with Crippen LogP contribution in [-0.2, 0) is 4.79 Å². The van der Waals surface area contributed by atoms with Gasteiger partial charge in [0.2, 0.25) is 11.1 Å². The number of tetrazole rings is 1. The number of nitrogens with zero attached hydrogens (tertiary/aromatic N) is 4. The van der Waals surface area contributed by atoms with Crippen LogP contribution in [0, 0.1) is 6.92 Å². The zero-order chi connectivity index (χ0) is 19.2. The van der Waals surface area contributed by atoms with Crippen molar-refractivity contribution in [2.45, 2.75) is 74.2 Å². The van der Waals surface area contributed by atoms with E-state index in [9.17, 15) is 4.79 Å². The predicted octanol–water partition coefficient (Wildman–Crippen LogP) is 4.72. The normalized spacial score (nSPS) is 15.8. The third-order valence-corrected chi connectivity index (χ3v) is 7.04. The van der Waals surface area contributed by atoms with Crippen LogP contribution in [-0.4, -0.2) is 37.1 Å². The molecular formula is C19H27N5OS2. The first-order valence-corrected chi connectivity index (χ1v) is 11.4. The Morgan fingerprint density at radius 3 is 2.85 bits per heavy atom. The molecule has 0 saturated heterocycles. The Labute approximate surface area is 169 Å². The van der Waals surface area contributed by atoms with E-state index >= 15 is 0 Å². The molecule has 1 aromatic carbocycles. The number of amides is 1. The van der Waals surface area contributed by atoms with Crippen LogP contribution >= 0.6 is 23.5 Å². The fourth-order valence-corrected chi connectivity index (χ4v) is 4.91. The van der Waals surface area contributed by atoms with Gasteiger partial charge in [0.15, 0.2) is 0 Å². The quantitative estimate of drug-likeness (QED) is 0.641. The van der Waals surface area contributed by atoms with Crippen LogP contribution in [0.1, 0.15) is 57.6 Å². The molecule has 0 bridgehead atoms. The molecule has 27 heavy (non-hydrogen) atoms. The van der Waals surface area contributed by atoms with Crippen LogP contribution in [0.25, 0.3) is 0 Å². The first kappa shape index (κ1) is 20.2. The van der Waals surface area contributed by atoms with Gasteiger partial charge in [-0.05, 0) is 60.4 Å². The van der Waals surface area contributed by atoms with Crippen LogP contribution in [0.15, 0.2) is 28.3 Å². The highest BCUT2D eigenvalue weighted by Crippen LogP contribution is 2.32. The molecule has 1 N–H and O–H groups in total. The molecule has 1 heterocycles. The highest BCUT2D eigenvalue weighted by molar-refractivity contribution is 8.00. The minimum atomic E-state index is -0.0357. The summed E-state index contributed by atoms with van der Waals surface area (Å²) < 4.78 is 1.89. The zero-order valence-corrected chi connectivity index (χ0v) is 17.8. The molecular weight excluding hydrogens is 378 g/mol. The van der Waals surface area contributed by atoms with E-state index in [-0.39, 0.29) is 5.91 Å². The molecule has 1 atom stereocenters. The number of aromatic nitrogens is 4. The molecule has 0 aliphatic heterocycles. The van der Waals surface area contributed by atoms with Crippen molar-refractivity contribution in [3.8, 4) is 0 Å².